The number of aromatic nitrogens is 2. The Morgan fingerprint density at radius 3 is 2.90 bits per heavy atom. The zero-order valence-corrected chi connectivity index (χ0v) is 13.9. The van der Waals surface area contributed by atoms with Gasteiger partial charge in [-0.3, -0.25) is 4.90 Å². The Morgan fingerprint density at radius 2 is 2.20 bits per heavy atom. The molecule has 1 aliphatic rings. The summed E-state index contributed by atoms with van der Waals surface area (Å²) in [6, 6.07) is 4.01. The molecule has 1 saturated carbocycles. The smallest absolute Gasteiger partial charge is 0.241 e. The molecule has 0 N–H and O–H groups in total. The topological polar surface area (TPSA) is 42.2 Å². The first kappa shape index (κ1) is 14.2. The fourth-order valence-corrected chi connectivity index (χ4v) is 4.09. The molecular formula is C14H18BrN3OS. The van der Waals surface area contributed by atoms with Crippen LogP contribution in [0.25, 0.3) is 10.7 Å². The highest BCUT2D eigenvalue weighted by molar-refractivity contribution is 9.11. The van der Waals surface area contributed by atoms with Gasteiger partial charge in [-0.05, 0) is 53.9 Å². The van der Waals surface area contributed by atoms with Crippen molar-refractivity contribution in [3.63, 3.8) is 0 Å². The van der Waals surface area contributed by atoms with Crippen LogP contribution in [0.15, 0.2) is 20.4 Å². The van der Waals surface area contributed by atoms with Gasteiger partial charge in [-0.1, -0.05) is 18.0 Å². The first-order valence-electron chi connectivity index (χ1n) is 6.97. The largest absolute Gasteiger partial charge is 0.338 e. The molecule has 2 heterocycles. The van der Waals surface area contributed by atoms with E-state index in [1.807, 2.05) is 12.1 Å². The maximum absolute atomic E-state index is 5.35. The number of halogens is 1. The fraction of sp³-hybridized carbons (Fsp3) is 0.571. The van der Waals surface area contributed by atoms with Crippen LogP contribution in [0.2, 0.25) is 0 Å². The van der Waals surface area contributed by atoms with Crippen LogP contribution < -0.4 is 0 Å². The van der Waals surface area contributed by atoms with Crippen molar-refractivity contribution in [2.75, 3.05) is 13.6 Å². The van der Waals surface area contributed by atoms with Gasteiger partial charge < -0.3 is 4.52 Å². The fourth-order valence-electron chi connectivity index (χ4n) is 2.78. The van der Waals surface area contributed by atoms with Gasteiger partial charge >= 0.3 is 0 Å². The van der Waals surface area contributed by atoms with E-state index in [0.717, 1.165) is 27.7 Å². The number of nitrogens with zero attached hydrogens (tertiary/aromatic N) is 3. The highest BCUT2D eigenvalue weighted by Crippen LogP contribution is 2.29. The number of thiophene rings is 1. The van der Waals surface area contributed by atoms with Crippen molar-refractivity contribution in [3.8, 4) is 10.7 Å². The van der Waals surface area contributed by atoms with Crippen molar-refractivity contribution in [1.82, 2.24) is 15.0 Å². The van der Waals surface area contributed by atoms with Gasteiger partial charge in [0, 0.05) is 6.54 Å². The van der Waals surface area contributed by atoms with Gasteiger partial charge in [-0.2, -0.15) is 4.98 Å². The van der Waals surface area contributed by atoms with E-state index < -0.39 is 0 Å². The number of rotatable bonds is 5. The molecule has 20 heavy (non-hydrogen) atoms. The number of hydrogen-bond donors (Lipinski definition) is 0. The lowest BCUT2D eigenvalue weighted by molar-refractivity contribution is 0.234. The molecule has 0 spiro atoms. The summed E-state index contributed by atoms with van der Waals surface area (Å²) in [7, 11) is 2.13. The maximum atomic E-state index is 5.35. The third-order valence-electron chi connectivity index (χ3n) is 3.71. The molecule has 0 aliphatic heterocycles. The van der Waals surface area contributed by atoms with Crippen LogP contribution in [0.3, 0.4) is 0 Å². The first-order chi connectivity index (χ1) is 9.70. The molecule has 108 valence electrons. The molecule has 1 aliphatic carbocycles. The van der Waals surface area contributed by atoms with Crippen molar-refractivity contribution < 1.29 is 4.52 Å². The van der Waals surface area contributed by atoms with Crippen molar-refractivity contribution in [2.45, 2.75) is 32.2 Å². The standard InChI is InChI=1S/C14H18BrN3OS/c1-18(8-10-4-2-3-5-10)9-13-16-14(17-19-13)11-6-7-12(15)20-11/h6-7,10H,2-5,8-9H2,1H3. The highest BCUT2D eigenvalue weighted by atomic mass is 79.9. The SMILES string of the molecule is CN(Cc1nc(-c2ccc(Br)s2)no1)CC1CCCC1. The summed E-state index contributed by atoms with van der Waals surface area (Å²) in [5, 5.41) is 4.06. The van der Waals surface area contributed by atoms with Gasteiger partial charge in [-0.25, -0.2) is 0 Å². The lowest BCUT2D eigenvalue weighted by Gasteiger charge is -2.18. The minimum Gasteiger partial charge on any atom is -0.338 e. The van der Waals surface area contributed by atoms with E-state index in [4.69, 9.17) is 4.52 Å². The number of hydrogen-bond acceptors (Lipinski definition) is 5. The molecule has 0 saturated heterocycles. The molecule has 1 fully saturated rings. The van der Waals surface area contributed by atoms with E-state index in [2.05, 4.69) is 38.0 Å². The van der Waals surface area contributed by atoms with Crippen LogP contribution in [0.5, 0.6) is 0 Å². The van der Waals surface area contributed by atoms with E-state index in [0.29, 0.717) is 11.7 Å². The Labute approximate surface area is 131 Å². The molecular weight excluding hydrogens is 338 g/mol. The quantitative estimate of drug-likeness (QED) is 0.806. The van der Waals surface area contributed by atoms with E-state index in [9.17, 15) is 0 Å². The third-order valence-corrected chi connectivity index (χ3v) is 5.33. The van der Waals surface area contributed by atoms with E-state index in [1.165, 1.54) is 25.7 Å². The average molecular weight is 356 g/mol. The summed E-state index contributed by atoms with van der Waals surface area (Å²) in [5.41, 5.74) is 0. The maximum Gasteiger partial charge on any atom is 0.241 e. The predicted molar refractivity (Wildman–Crippen MR) is 83.6 cm³/mol. The molecule has 0 amide bonds. The minimum atomic E-state index is 0.685. The van der Waals surface area contributed by atoms with Crippen molar-refractivity contribution >= 4 is 27.3 Å². The van der Waals surface area contributed by atoms with Crippen LogP contribution in [-0.2, 0) is 6.54 Å². The molecule has 0 radical (unpaired) electrons. The van der Waals surface area contributed by atoms with Gasteiger partial charge in [-0.15, -0.1) is 11.3 Å². The average Bonchev–Trinajstić information content (AvgIpc) is 3.10. The highest BCUT2D eigenvalue weighted by Gasteiger charge is 2.18. The Balaban J connectivity index is 1.59. The van der Waals surface area contributed by atoms with Crippen molar-refractivity contribution in [1.29, 1.82) is 0 Å². The van der Waals surface area contributed by atoms with Crippen LogP contribution in [0.1, 0.15) is 31.6 Å². The van der Waals surface area contributed by atoms with Crippen LogP contribution in [0.4, 0.5) is 0 Å². The van der Waals surface area contributed by atoms with Crippen LogP contribution in [0, 0.1) is 5.92 Å². The van der Waals surface area contributed by atoms with E-state index >= 15 is 0 Å². The lowest BCUT2D eigenvalue weighted by atomic mass is 10.1. The Kier molecular flexibility index (Phi) is 4.53. The summed E-state index contributed by atoms with van der Waals surface area (Å²) < 4.78 is 6.43. The van der Waals surface area contributed by atoms with Crippen LogP contribution >= 0.6 is 27.3 Å². The Bertz CT molecular complexity index is 562. The van der Waals surface area contributed by atoms with Gasteiger partial charge in [0.25, 0.3) is 0 Å². The van der Waals surface area contributed by atoms with Gasteiger partial charge in [0.05, 0.1) is 15.2 Å². The predicted octanol–water partition coefficient (Wildman–Crippen LogP) is 4.18. The molecule has 0 aromatic carbocycles. The summed E-state index contributed by atoms with van der Waals surface area (Å²) in [5.74, 6) is 2.23. The Morgan fingerprint density at radius 1 is 1.40 bits per heavy atom. The second-order valence-electron chi connectivity index (χ2n) is 5.46. The summed E-state index contributed by atoms with van der Waals surface area (Å²) in [6.45, 7) is 1.86. The van der Waals surface area contributed by atoms with Gasteiger partial charge in [0.15, 0.2) is 0 Å². The normalized spacial score (nSPS) is 16.4. The zero-order chi connectivity index (χ0) is 13.9. The molecule has 0 unspecified atom stereocenters. The third kappa shape index (κ3) is 3.48. The lowest BCUT2D eigenvalue weighted by Crippen LogP contribution is -2.24. The molecule has 6 heteroatoms. The minimum absolute atomic E-state index is 0.685. The van der Waals surface area contributed by atoms with Crippen molar-refractivity contribution in [3.05, 3.63) is 21.8 Å². The monoisotopic (exact) mass is 355 g/mol. The molecule has 2 aromatic heterocycles. The van der Waals surface area contributed by atoms with Crippen LogP contribution in [-0.4, -0.2) is 28.6 Å². The summed E-state index contributed by atoms with van der Waals surface area (Å²) in [6.07, 6.45) is 5.50. The van der Waals surface area contributed by atoms with Gasteiger partial charge in [0.1, 0.15) is 0 Å². The molecule has 4 nitrogen and oxygen atoms in total. The Hall–Kier alpha value is -0.720. The molecule has 0 bridgehead atoms. The second kappa shape index (κ2) is 6.37. The second-order valence-corrected chi connectivity index (χ2v) is 7.93. The zero-order valence-electron chi connectivity index (χ0n) is 11.5. The van der Waals surface area contributed by atoms with E-state index in [1.54, 1.807) is 11.3 Å². The van der Waals surface area contributed by atoms with Gasteiger partial charge in [0.2, 0.25) is 11.7 Å². The molecule has 2 aromatic rings. The molecule has 0 atom stereocenters. The molecule has 3 rings (SSSR count). The summed E-state index contributed by atoms with van der Waals surface area (Å²) >= 11 is 5.07. The van der Waals surface area contributed by atoms with Crippen molar-refractivity contribution in [2.24, 2.45) is 5.92 Å². The first-order valence-corrected chi connectivity index (χ1v) is 8.58. The summed E-state index contributed by atoms with van der Waals surface area (Å²) in [4.78, 5) is 7.80. The van der Waals surface area contributed by atoms with E-state index in [-0.39, 0.29) is 0 Å².